The topological polar surface area (TPSA) is 56.7 Å². The molecule has 1 saturated carbocycles. The molecule has 2 rings (SSSR count). The maximum absolute atomic E-state index is 6.22. The average Bonchev–Trinajstić information content (AvgIpc) is 2.75. The van der Waals surface area contributed by atoms with Crippen LogP contribution >= 0.6 is 0 Å². The minimum atomic E-state index is 0.0192. The monoisotopic (exact) mass is 222 g/mol. The zero-order chi connectivity index (χ0) is 11.8. The van der Waals surface area contributed by atoms with Crippen LogP contribution in [0.15, 0.2) is 6.33 Å². The molecule has 1 aromatic heterocycles. The van der Waals surface area contributed by atoms with Gasteiger partial charge in [0.1, 0.15) is 12.2 Å². The Labute approximate surface area is 97.2 Å². The van der Waals surface area contributed by atoms with Gasteiger partial charge in [-0.2, -0.15) is 0 Å². The second-order valence-corrected chi connectivity index (χ2v) is 5.62. The third-order valence-electron chi connectivity index (χ3n) is 3.72. The van der Waals surface area contributed by atoms with E-state index in [0.29, 0.717) is 5.92 Å². The molecule has 0 amide bonds. The second kappa shape index (κ2) is 4.17. The van der Waals surface area contributed by atoms with Crippen LogP contribution in [0.1, 0.15) is 45.9 Å². The van der Waals surface area contributed by atoms with E-state index in [2.05, 4.69) is 35.5 Å². The molecule has 0 spiro atoms. The van der Waals surface area contributed by atoms with Gasteiger partial charge in [-0.25, -0.2) is 0 Å². The van der Waals surface area contributed by atoms with Crippen molar-refractivity contribution >= 4 is 0 Å². The van der Waals surface area contributed by atoms with Crippen LogP contribution in [0.3, 0.4) is 0 Å². The van der Waals surface area contributed by atoms with Crippen molar-refractivity contribution in [2.45, 2.75) is 58.0 Å². The van der Waals surface area contributed by atoms with Gasteiger partial charge in [0.15, 0.2) is 0 Å². The van der Waals surface area contributed by atoms with Gasteiger partial charge in [0, 0.05) is 18.0 Å². The van der Waals surface area contributed by atoms with Gasteiger partial charge in [-0.05, 0) is 18.8 Å². The largest absolute Gasteiger partial charge is 0.327 e. The highest BCUT2D eigenvalue weighted by atomic mass is 15.3. The first-order valence-corrected chi connectivity index (χ1v) is 6.18. The zero-order valence-electron chi connectivity index (χ0n) is 10.5. The van der Waals surface area contributed by atoms with Crippen LogP contribution in [0.25, 0.3) is 0 Å². The van der Waals surface area contributed by atoms with E-state index in [9.17, 15) is 0 Å². The van der Waals surface area contributed by atoms with Gasteiger partial charge in [0.05, 0.1) is 0 Å². The van der Waals surface area contributed by atoms with Gasteiger partial charge in [-0.15, -0.1) is 10.2 Å². The lowest BCUT2D eigenvalue weighted by molar-refractivity contribution is 0.371. The van der Waals surface area contributed by atoms with Crippen molar-refractivity contribution < 1.29 is 0 Å². The summed E-state index contributed by atoms with van der Waals surface area (Å²) in [5, 5.41) is 8.36. The summed E-state index contributed by atoms with van der Waals surface area (Å²) in [5.41, 5.74) is 6.24. The van der Waals surface area contributed by atoms with E-state index in [4.69, 9.17) is 5.73 Å². The standard InChI is InChI=1S/C12H22N4/c1-9(2)7-16-8-14-15-11(16)12(3)6-4-5-10(12)13/h8-10H,4-7,13H2,1-3H3. The molecule has 90 valence electrons. The molecule has 0 saturated heterocycles. The molecule has 1 aliphatic rings. The van der Waals surface area contributed by atoms with Gasteiger partial charge < -0.3 is 10.3 Å². The summed E-state index contributed by atoms with van der Waals surface area (Å²) in [5.74, 6) is 1.68. The molecule has 1 aliphatic carbocycles. The van der Waals surface area contributed by atoms with Crippen LogP contribution in [0.5, 0.6) is 0 Å². The van der Waals surface area contributed by atoms with Gasteiger partial charge in [-0.1, -0.05) is 27.2 Å². The van der Waals surface area contributed by atoms with Crippen LogP contribution in [-0.4, -0.2) is 20.8 Å². The normalized spacial score (nSPS) is 30.2. The number of hydrogen-bond donors (Lipinski definition) is 1. The Morgan fingerprint density at radius 2 is 2.38 bits per heavy atom. The Bertz CT molecular complexity index is 358. The minimum absolute atomic E-state index is 0.0192. The molecule has 2 N–H and O–H groups in total. The van der Waals surface area contributed by atoms with E-state index < -0.39 is 0 Å². The van der Waals surface area contributed by atoms with Crippen molar-refractivity contribution in [3.05, 3.63) is 12.2 Å². The minimum Gasteiger partial charge on any atom is -0.327 e. The average molecular weight is 222 g/mol. The summed E-state index contributed by atoms with van der Waals surface area (Å²) in [7, 11) is 0. The Hall–Kier alpha value is -0.900. The first-order valence-electron chi connectivity index (χ1n) is 6.18. The first kappa shape index (κ1) is 11.6. The van der Waals surface area contributed by atoms with Crippen molar-refractivity contribution in [1.82, 2.24) is 14.8 Å². The van der Waals surface area contributed by atoms with E-state index in [0.717, 1.165) is 25.2 Å². The lowest BCUT2D eigenvalue weighted by Crippen LogP contribution is -2.40. The molecule has 4 heteroatoms. The van der Waals surface area contributed by atoms with Crippen molar-refractivity contribution in [3.8, 4) is 0 Å². The third kappa shape index (κ3) is 1.86. The Balaban J connectivity index is 2.29. The van der Waals surface area contributed by atoms with Gasteiger partial charge in [0.25, 0.3) is 0 Å². The summed E-state index contributed by atoms with van der Waals surface area (Å²) in [4.78, 5) is 0. The molecule has 1 fully saturated rings. The number of hydrogen-bond acceptors (Lipinski definition) is 3. The lowest BCUT2D eigenvalue weighted by atomic mass is 9.84. The van der Waals surface area contributed by atoms with Crippen molar-refractivity contribution in [2.24, 2.45) is 11.7 Å². The van der Waals surface area contributed by atoms with Crippen molar-refractivity contribution in [3.63, 3.8) is 0 Å². The maximum atomic E-state index is 6.22. The van der Waals surface area contributed by atoms with Gasteiger partial charge in [-0.3, -0.25) is 0 Å². The van der Waals surface area contributed by atoms with Crippen LogP contribution < -0.4 is 5.73 Å². The summed E-state index contributed by atoms with van der Waals surface area (Å²) in [6.45, 7) is 7.62. The summed E-state index contributed by atoms with van der Waals surface area (Å²) >= 11 is 0. The third-order valence-corrected chi connectivity index (χ3v) is 3.72. The summed E-state index contributed by atoms with van der Waals surface area (Å²) in [6, 6.07) is 0.225. The van der Waals surface area contributed by atoms with Gasteiger partial charge in [0.2, 0.25) is 0 Å². The predicted octanol–water partition coefficient (Wildman–Crippen LogP) is 1.70. The first-order chi connectivity index (χ1) is 7.54. The van der Waals surface area contributed by atoms with E-state index in [1.54, 1.807) is 0 Å². The molecule has 0 aromatic carbocycles. The van der Waals surface area contributed by atoms with Gasteiger partial charge >= 0.3 is 0 Å². The fraction of sp³-hybridized carbons (Fsp3) is 0.833. The molecule has 1 aromatic rings. The zero-order valence-corrected chi connectivity index (χ0v) is 10.5. The predicted molar refractivity (Wildman–Crippen MR) is 64.0 cm³/mol. The Kier molecular flexibility index (Phi) is 3.02. The quantitative estimate of drug-likeness (QED) is 0.847. The summed E-state index contributed by atoms with van der Waals surface area (Å²) in [6.07, 6.45) is 5.27. The number of nitrogens with zero attached hydrogens (tertiary/aromatic N) is 3. The van der Waals surface area contributed by atoms with Crippen LogP contribution in [0.2, 0.25) is 0 Å². The van der Waals surface area contributed by atoms with E-state index in [-0.39, 0.29) is 11.5 Å². The molecular formula is C12H22N4. The van der Waals surface area contributed by atoms with Crippen molar-refractivity contribution in [2.75, 3.05) is 0 Å². The van der Waals surface area contributed by atoms with E-state index >= 15 is 0 Å². The summed E-state index contributed by atoms with van der Waals surface area (Å²) < 4.78 is 2.18. The lowest BCUT2D eigenvalue weighted by Gasteiger charge is -2.28. The highest BCUT2D eigenvalue weighted by Crippen LogP contribution is 2.38. The molecular weight excluding hydrogens is 200 g/mol. The molecule has 1 heterocycles. The number of rotatable bonds is 3. The fourth-order valence-electron chi connectivity index (χ4n) is 2.70. The maximum Gasteiger partial charge on any atom is 0.140 e. The number of nitrogens with two attached hydrogens (primary N) is 1. The smallest absolute Gasteiger partial charge is 0.140 e. The van der Waals surface area contributed by atoms with E-state index in [1.807, 2.05) is 6.33 Å². The molecule has 0 aliphatic heterocycles. The highest BCUT2D eigenvalue weighted by molar-refractivity contribution is 5.14. The SMILES string of the molecule is CC(C)Cn1cnnc1C1(C)CCCC1N. The van der Waals surface area contributed by atoms with Crippen LogP contribution in [-0.2, 0) is 12.0 Å². The highest BCUT2D eigenvalue weighted by Gasteiger charge is 2.41. The Morgan fingerprint density at radius 3 is 2.94 bits per heavy atom. The molecule has 4 nitrogen and oxygen atoms in total. The Morgan fingerprint density at radius 1 is 1.62 bits per heavy atom. The fourth-order valence-corrected chi connectivity index (χ4v) is 2.70. The second-order valence-electron chi connectivity index (χ2n) is 5.62. The number of aromatic nitrogens is 3. The molecule has 0 radical (unpaired) electrons. The molecule has 2 atom stereocenters. The molecule has 0 bridgehead atoms. The molecule has 16 heavy (non-hydrogen) atoms. The van der Waals surface area contributed by atoms with E-state index in [1.165, 1.54) is 6.42 Å². The molecule has 2 unspecified atom stereocenters. The van der Waals surface area contributed by atoms with Crippen molar-refractivity contribution in [1.29, 1.82) is 0 Å². The van der Waals surface area contributed by atoms with Crippen LogP contribution in [0.4, 0.5) is 0 Å². The van der Waals surface area contributed by atoms with Crippen LogP contribution in [0, 0.1) is 5.92 Å².